The second-order valence-electron chi connectivity index (χ2n) is 20.4. The lowest BCUT2D eigenvalue weighted by molar-refractivity contribution is -0.151. The summed E-state index contributed by atoms with van der Waals surface area (Å²) in [7, 11) is 0. The van der Waals surface area contributed by atoms with Crippen molar-refractivity contribution in [3.05, 3.63) is 12.2 Å². The highest BCUT2D eigenvalue weighted by molar-refractivity contribution is 5.77. The van der Waals surface area contributed by atoms with Gasteiger partial charge in [-0.05, 0) is 51.4 Å². The molecular weight excluding hydrogens is 803 g/mol. The van der Waals surface area contributed by atoms with Gasteiger partial charge in [0.25, 0.3) is 0 Å². The summed E-state index contributed by atoms with van der Waals surface area (Å²) in [5, 5.41) is 23.8. The summed E-state index contributed by atoms with van der Waals surface area (Å²) in [5.74, 6) is -0.466. The van der Waals surface area contributed by atoms with E-state index in [1.54, 1.807) is 0 Å². The summed E-state index contributed by atoms with van der Waals surface area (Å²) < 4.78 is 5.96. The molecule has 3 N–H and O–H groups in total. The highest BCUT2D eigenvalue weighted by Gasteiger charge is 2.24. The minimum Gasteiger partial charge on any atom is -0.462 e. The van der Waals surface area contributed by atoms with E-state index in [2.05, 4.69) is 38.2 Å². The summed E-state index contributed by atoms with van der Waals surface area (Å²) in [6.45, 7) is 6.52. The Morgan fingerprint density at radius 1 is 0.431 bits per heavy atom. The van der Waals surface area contributed by atoms with Crippen LogP contribution < -0.4 is 5.32 Å². The van der Waals surface area contributed by atoms with Crippen molar-refractivity contribution in [3.63, 3.8) is 0 Å². The van der Waals surface area contributed by atoms with E-state index in [9.17, 15) is 19.8 Å². The van der Waals surface area contributed by atoms with Gasteiger partial charge in [0.1, 0.15) is 6.10 Å². The molecule has 3 unspecified atom stereocenters. The van der Waals surface area contributed by atoms with Crippen molar-refractivity contribution in [3.8, 4) is 0 Å². The van der Waals surface area contributed by atoms with E-state index in [0.717, 1.165) is 57.8 Å². The lowest BCUT2D eigenvalue weighted by Crippen LogP contribution is -2.46. The number of allylic oxidation sites excluding steroid dienone is 2. The van der Waals surface area contributed by atoms with E-state index >= 15 is 0 Å². The molecule has 1 amide bonds. The molecule has 0 rings (SSSR count). The van der Waals surface area contributed by atoms with E-state index in [1.165, 1.54) is 225 Å². The summed E-state index contributed by atoms with van der Waals surface area (Å²) in [6, 6.07) is -0.700. The maximum atomic E-state index is 13.2. The Hall–Kier alpha value is -1.40. The second-order valence-corrected chi connectivity index (χ2v) is 20.4. The first kappa shape index (κ1) is 63.6. The number of hydrogen-bond donors (Lipinski definition) is 3. The number of esters is 1. The Balaban J connectivity index is 4.49. The van der Waals surface area contributed by atoms with Gasteiger partial charge in [-0.1, -0.05) is 277 Å². The third-order valence-electron chi connectivity index (χ3n) is 13.8. The minimum absolute atomic E-state index is 0.0746. The smallest absolute Gasteiger partial charge is 0.306 e. The maximum Gasteiger partial charge on any atom is 0.306 e. The van der Waals surface area contributed by atoms with E-state index in [-0.39, 0.29) is 24.9 Å². The van der Waals surface area contributed by atoms with Crippen LogP contribution in [0.3, 0.4) is 0 Å². The number of rotatable bonds is 54. The average molecular weight is 919 g/mol. The number of aliphatic hydroxyl groups is 2. The van der Waals surface area contributed by atoms with Gasteiger partial charge in [0, 0.05) is 6.42 Å². The van der Waals surface area contributed by atoms with Crippen molar-refractivity contribution in [2.75, 3.05) is 6.61 Å². The van der Waals surface area contributed by atoms with Gasteiger partial charge in [-0.3, -0.25) is 9.59 Å². The number of carbonyl (C=O) groups excluding carboxylic acids is 2. The summed E-state index contributed by atoms with van der Waals surface area (Å²) >= 11 is 0. The summed E-state index contributed by atoms with van der Waals surface area (Å²) in [6.07, 6.45) is 61.4. The highest BCUT2D eigenvalue weighted by atomic mass is 16.5. The van der Waals surface area contributed by atoms with Crippen molar-refractivity contribution < 1.29 is 24.5 Å². The maximum absolute atomic E-state index is 13.2. The Morgan fingerprint density at radius 2 is 0.738 bits per heavy atom. The SMILES string of the molecule is CCCCCCCCCCC/C=C/CCCCCC(CC(=O)NC(CO)C(O)CCCCCCCCCCCCC)OC(=O)CCCCCCCCCCCCCCCCCCCCC. The average Bonchev–Trinajstić information content (AvgIpc) is 3.30. The number of unbranched alkanes of at least 4 members (excludes halogenated alkanes) is 40. The third kappa shape index (κ3) is 48.9. The molecule has 0 saturated heterocycles. The topological polar surface area (TPSA) is 95.9 Å². The lowest BCUT2D eigenvalue weighted by Gasteiger charge is -2.24. The molecule has 0 spiro atoms. The molecule has 0 aromatic rings. The first-order valence-corrected chi connectivity index (χ1v) is 29.4. The molecule has 0 radical (unpaired) electrons. The van der Waals surface area contributed by atoms with E-state index in [1.807, 2.05) is 0 Å². The van der Waals surface area contributed by atoms with Crippen LogP contribution in [0.2, 0.25) is 0 Å². The number of ether oxygens (including phenoxy) is 1. The van der Waals surface area contributed by atoms with Gasteiger partial charge in [-0.15, -0.1) is 0 Å². The van der Waals surface area contributed by atoms with Crippen LogP contribution in [-0.2, 0) is 14.3 Å². The van der Waals surface area contributed by atoms with Crippen molar-refractivity contribution in [1.29, 1.82) is 0 Å². The molecule has 3 atom stereocenters. The first-order valence-electron chi connectivity index (χ1n) is 29.4. The van der Waals surface area contributed by atoms with Gasteiger partial charge >= 0.3 is 5.97 Å². The molecule has 6 heteroatoms. The van der Waals surface area contributed by atoms with Crippen LogP contribution in [0.25, 0.3) is 0 Å². The monoisotopic (exact) mass is 918 g/mol. The van der Waals surface area contributed by atoms with Crippen molar-refractivity contribution in [1.82, 2.24) is 5.32 Å². The molecular formula is C59H115NO5. The van der Waals surface area contributed by atoms with Crippen molar-refractivity contribution >= 4 is 11.9 Å². The van der Waals surface area contributed by atoms with Crippen LogP contribution in [-0.4, -0.2) is 46.9 Å². The fraction of sp³-hybridized carbons (Fsp3) is 0.932. The summed E-state index contributed by atoms with van der Waals surface area (Å²) in [5.41, 5.74) is 0. The molecule has 0 aromatic carbocycles. The number of carbonyl (C=O) groups is 2. The van der Waals surface area contributed by atoms with Gasteiger partial charge in [-0.2, -0.15) is 0 Å². The van der Waals surface area contributed by atoms with E-state index in [0.29, 0.717) is 19.3 Å². The number of hydrogen-bond acceptors (Lipinski definition) is 5. The quantitative estimate of drug-likeness (QED) is 0.0321. The zero-order valence-corrected chi connectivity index (χ0v) is 44.2. The molecule has 0 aliphatic rings. The normalized spacial score (nSPS) is 13.1. The standard InChI is InChI=1S/C59H115NO5/c1-4-7-10-13-16-19-22-24-26-28-29-30-32-34-37-40-43-46-49-52-59(64)65-55(50-47-44-41-38-36-33-31-27-25-23-20-17-14-11-8-5-2)53-58(63)60-56(54-61)57(62)51-48-45-42-39-35-21-18-15-12-9-6-3/h33,36,55-57,61-62H,4-32,34-35,37-54H2,1-3H3,(H,60,63)/b36-33+. The van der Waals surface area contributed by atoms with Crippen molar-refractivity contribution in [2.45, 2.75) is 347 Å². The molecule has 0 fully saturated rings. The largest absolute Gasteiger partial charge is 0.462 e. The Kier molecular flexibility index (Phi) is 52.4. The predicted molar refractivity (Wildman–Crippen MR) is 283 cm³/mol. The minimum atomic E-state index is -0.786. The molecule has 6 nitrogen and oxygen atoms in total. The van der Waals surface area contributed by atoms with Crippen LogP contribution in [0, 0.1) is 0 Å². The van der Waals surface area contributed by atoms with Gasteiger partial charge in [0.2, 0.25) is 5.91 Å². The molecule has 0 aliphatic heterocycles. The predicted octanol–water partition coefficient (Wildman–Crippen LogP) is 18.1. The first-order chi connectivity index (χ1) is 32.0. The van der Waals surface area contributed by atoms with Crippen LogP contribution in [0.4, 0.5) is 0 Å². The van der Waals surface area contributed by atoms with E-state index in [4.69, 9.17) is 4.74 Å². The molecule has 0 heterocycles. The number of aliphatic hydroxyl groups excluding tert-OH is 2. The van der Waals surface area contributed by atoms with Crippen LogP contribution in [0.15, 0.2) is 12.2 Å². The van der Waals surface area contributed by atoms with Gasteiger partial charge in [0.05, 0.1) is 25.2 Å². The zero-order valence-electron chi connectivity index (χ0n) is 44.2. The van der Waals surface area contributed by atoms with Crippen LogP contribution >= 0.6 is 0 Å². The molecule has 386 valence electrons. The number of nitrogens with one attached hydrogen (secondary N) is 1. The fourth-order valence-electron chi connectivity index (χ4n) is 9.37. The highest BCUT2D eigenvalue weighted by Crippen LogP contribution is 2.19. The molecule has 0 aliphatic carbocycles. The molecule has 65 heavy (non-hydrogen) atoms. The van der Waals surface area contributed by atoms with Crippen molar-refractivity contribution in [2.24, 2.45) is 0 Å². The lowest BCUT2D eigenvalue weighted by atomic mass is 10.0. The Morgan fingerprint density at radius 3 is 1.11 bits per heavy atom. The Bertz CT molecular complexity index is 986. The van der Waals surface area contributed by atoms with Crippen LogP contribution in [0.5, 0.6) is 0 Å². The fourth-order valence-corrected chi connectivity index (χ4v) is 9.37. The van der Waals surface area contributed by atoms with Gasteiger partial charge in [0.15, 0.2) is 0 Å². The Labute approximate surface area is 406 Å². The molecule has 0 saturated carbocycles. The summed E-state index contributed by atoms with van der Waals surface area (Å²) in [4.78, 5) is 26.3. The number of amides is 1. The van der Waals surface area contributed by atoms with Crippen LogP contribution in [0.1, 0.15) is 329 Å². The molecule has 0 aromatic heterocycles. The van der Waals surface area contributed by atoms with Gasteiger partial charge in [-0.25, -0.2) is 0 Å². The molecule has 0 bridgehead atoms. The second kappa shape index (κ2) is 53.6. The van der Waals surface area contributed by atoms with Gasteiger partial charge < -0.3 is 20.3 Å². The van der Waals surface area contributed by atoms with E-state index < -0.39 is 18.2 Å². The third-order valence-corrected chi connectivity index (χ3v) is 13.8. The zero-order chi connectivity index (χ0) is 47.4.